The third kappa shape index (κ3) is 4.59. The molecule has 0 unspecified atom stereocenters. The van der Waals surface area contributed by atoms with Crippen LogP contribution in [-0.4, -0.2) is 45.7 Å². The number of H-pyrrole nitrogens is 2. The summed E-state index contributed by atoms with van der Waals surface area (Å²) in [5.74, 6) is -1.22. The number of sulfone groups is 1. The van der Waals surface area contributed by atoms with Crippen molar-refractivity contribution in [3.8, 4) is 11.1 Å². The number of fused-ring (bicyclic) bond motifs is 1. The molecule has 4 N–H and O–H groups in total. The number of carbonyl (C=O) groups is 1. The summed E-state index contributed by atoms with van der Waals surface area (Å²) in [6.07, 6.45) is 3.65. The summed E-state index contributed by atoms with van der Waals surface area (Å²) < 4.78 is 25.5. The molecule has 0 fully saturated rings. The standard InChI is InChI=1S/C21H18ClN5O5S/c1-33(31,32)10-16(28)19-18(14-8-25-21(30)26-20(14)29)13-7-12(22)2-3-15(13)27(19)9-11-4-5-24-17(23)6-11/h2-8H,9-10H2,1H3,(H2,23,24)(H2,25,26,29,30). The number of nitrogen functional groups attached to an aromatic ring is 1. The van der Waals surface area contributed by atoms with Crippen LogP contribution in [0.3, 0.4) is 0 Å². The number of nitrogens with one attached hydrogen (secondary N) is 2. The van der Waals surface area contributed by atoms with Gasteiger partial charge in [-0.2, -0.15) is 0 Å². The summed E-state index contributed by atoms with van der Waals surface area (Å²) in [6.45, 7) is 0.136. The lowest BCUT2D eigenvalue weighted by Gasteiger charge is -2.12. The zero-order valence-electron chi connectivity index (χ0n) is 17.3. The number of aromatic nitrogens is 4. The number of nitrogens with zero attached hydrogens (tertiary/aromatic N) is 2. The minimum absolute atomic E-state index is 0.00768. The summed E-state index contributed by atoms with van der Waals surface area (Å²) in [4.78, 5) is 46.0. The lowest BCUT2D eigenvalue weighted by atomic mass is 10.0. The van der Waals surface area contributed by atoms with Crippen molar-refractivity contribution in [3.63, 3.8) is 0 Å². The zero-order valence-corrected chi connectivity index (χ0v) is 18.8. The lowest BCUT2D eigenvalue weighted by Crippen LogP contribution is -2.24. The minimum atomic E-state index is -3.69. The van der Waals surface area contributed by atoms with Crippen LogP contribution in [-0.2, 0) is 16.4 Å². The van der Waals surface area contributed by atoms with Gasteiger partial charge in [-0.15, -0.1) is 0 Å². The summed E-state index contributed by atoms with van der Waals surface area (Å²) in [6, 6.07) is 8.19. The van der Waals surface area contributed by atoms with Crippen molar-refractivity contribution in [1.82, 2.24) is 19.5 Å². The van der Waals surface area contributed by atoms with E-state index in [2.05, 4.69) is 15.0 Å². The Kier molecular flexibility index (Phi) is 5.68. The Bertz CT molecular complexity index is 1640. The van der Waals surface area contributed by atoms with Crippen LogP contribution in [0.25, 0.3) is 22.0 Å². The van der Waals surface area contributed by atoms with Crippen LogP contribution < -0.4 is 17.0 Å². The Morgan fingerprint density at radius 2 is 1.97 bits per heavy atom. The van der Waals surface area contributed by atoms with E-state index in [1.54, 1.807) is 34.9 Å². The van der Waals surface area contributed by atoms with Gasteiger partial charge in [0.2, 0.25) is 0 Å². The molecule has 33 heavy (non-hydrogen) atoms. The van der Waals surface area contributed by atoms with Crippen LogP contribution in [0.1, 0.15) is 16.1 Å². The second kappa shape index (κ2) is 8.34. The molecule has 0 radical (unpaired) electrons. The van der Waals surface area contributed by atoms with Crippen LogP contribution >= 0.6 is 11.6 Å². The van der Waals surface area contributed by atoms with Gasteiger partial charge in [0.25, 0.3) is 5.56 Å². The van der Waals surface area contributed by atoms with Gasteiger partial charge in [0.05, 0.1) is 11.3 Å². The second-order valence-corrected chi connectivity index (χ2v) is 10.1. The molecule has 12 heteroatoms. The molecule has 0 amide bonds. The smallest absolute Gasteiger partial charge is 0.325 e. The first-order chi connectivity index (χ1) is 15.5. The molecular formula is C21H18ClN5O5S. The van der Waals surface area contributed by atoms with Gasteiger partial charge >= 0.3 is 5.69 Å². The minimum Gasteiger partial charge on any atom is -0.384 e. The van der Waals surface area contributed by atoms with E-state index in [4.69, 9.17) is 17.3 Å². The monoisotopic (exact) mass is 487 g/mol. The molecule has 4 aromatic rings. The fraction of sp³-hybridized carbons (Fsp3) is 0.143. The number of hydrogen-bond donors (Lipinski definition) is 3. The number of ketones is 1. The maximum atomic E-state index is 13.3. The van der Waals surface area contributed by atoms with Crippen molar-refractivity contribution in [2.75, 3.05) is 17.7 Å². The van der Waals surface area contributed by atoms with E-state index in [0.717, 1.165) is 6.26 Å². The van der Waals surface area contributed by atoms with Crippen molar-refractivity contribution < 1.29 is 13.2 Å². The fourth-order valence-electron chi connectivity index (χ4n) is 3.73. The van der Waals surface area contributed by atoms with E-state index in [-0.39, 0.29) is 29.2 Å². The topological polar surface area (TPSA) is 161 Å². The number of carbonyl (C=O) groups excluding carboxylic acids is 1. The van der Waals surface area contributed by atoms with Gasteiger partial charge < -0.3 is 15.3 Å². The first-order valence-corrected chi connectivity index (χ1v) is 12.0. The molecule has 0 atom stereocenters. The zero-order chi connectivity index (χ0) is 23.9. The van der Waals surface area contributed by atoms with Crippen LogP contribution in [0.15, 0.2) is 52.3 Å². The first-order valence-electron chi connectivity index (χ1n) is 9.59. The Labute approximate surface area is 192 Å². The molecular weight excluding hydrogens is 470 g/mol. The summed E-state index contributed by atoms with van der Waals surface area (Å²) in [7, 11) is -3.69. The van der Waals surface area contributed by atoms with Crippen molar-refractivity contribution in [2.24, 2.45) is 0 Å². The van der Waals surface area contributed by atoms with Crippen LogP contribution in [0, 0.1) is 0 Å². The number of aromatic amines is 2. The van der Waals surface area contributed by atoms with E-state index in [1.807, 2.05) is 0 Å². The molecule has 170 valence electrons. The molecule has 0 aliphatic carbocycles. The number of nitrogens with two attached hydrogens (primary N) is 1. The molecule has 0 spiro atoms. The maximum Gasteiger partial charge on any atom is 0.325 e. The molecule has 0 bridgehead atoms. The molecule has 3 aromatic heterocycles. The molecule has 0 saturated carbocycles. The molecule has 0 aliphatic heterocycles. The van der Waals surface area contributed by atoms with Crippen LogP contribution in [0.5, 0.6) is 0 Å². The number of anilines is 1. The number of Topliss-reactive ketones (excluding diaryl/α,β-unsaturated/α-hetero) is 1. The Hall–Kier alpha value is -3.70. The number of benzene rings is 1. The highest BCUT2D eigenvalue weighted by Crippen LogP contribution is 2.36. The largest absolute Gasteiger partial charge is 0.384 e. The summed E-state index contributed by atoms with van der Waals surface area (Å²) >= 11 is 6.21. The fourth-order valence-corrected chi connectivity index (χ4v) is 4.52. The van der Waals surface area contributed by atoms with Gasteiger partial charge in [-0.3, -0.25) is 14.6 Å². The molecule has 0 saturated heterocycles. The number of pyridine rings is 1. The third-order valence-electron chi connectivity index (χ3n) is 4.96. The van der Waals surface area contributed by atoms with Gasteiger partial charge in [-0.05, 0) is 35.9 Å². The van der Waals surface area contributed by atoms with Gasteiger partial charge in [0.15, 0.2) is 15.6 Å². The maximum absolute atomic E-state index is 13.3. The van der Waals surface area contributed by atoms with Crippen LogP contribution in [0.2, 0.25) is 5.02 Å². The molecule has 10 nitrogen and oxygen atoms in total. The van der Waals surface area contributed by atoms with E-state index in [0.29, 0.717) is 21.5 Å². The predicted molar refractivity (Wildman–Crippen MR) is 125 cm³/mol. The SMILES string of the molecule is CS(=O)(=O)CC(=O)c1c(-c2c[nH]c(=O)[nH]c2=O)c2cc(Cl)ccc2n1Cc1ccnc(N)c1. The highest BCUT2D eigenvalue weighted by molar-refractivity contribution is 7.91. The van der Waals surface area contributed by atoms with Gasteiger partial charge in [0.1, 0.15) is 11.6 Å². The Balaban J connectivity index is 2.10. The lowest BCUT2D eigenvalue weighted by molar-refractivity contribution is 0.101. The van der Waals surface area contributed by atoms with E-state index in [1.165, 1.54) is 12.4 Å². The Morgan fingerprint density at radius 3 is 2.64 bits per heavy atom. The highest BCUT2D eigenvalue weighted by atomic mass is 35.5. The average Bonchev–Trinajstić information content (AvgIpc) is 3.00. The van der Waals surface area contributed by atoms with Crippen molar-refractivity contribution >= 4 is 43.9 Å². The quantitative estimate of drug-likeness (QED) is 0.348. The summed E-state index contributed by atoms with van der Waals surface area (Å²) in [5.41, 5.74) is 5.72. The number of hydrogen-bond acceptors (Lipinski definition) is 7. The third-order valence-corrected chi connectivity index (χ3v) is 5.98. The molecule has 1 aromatic carbocycles. The van der Waals surface area contributed by atoms with Gasteiger partial charge in [0, 0.05) is 46.7 Å². The van der Waals surface area contributed by atoms with Crippen LogP contribution in [0.4, 0.5) is 5.82 Å². The van der Waals surface area contributed by atoms with Gasteiger partial charge in [-0.25, -0.2) is 18.2 Å². The van der Waals surface area contributed by atoms with E-state index >= 15 is 0 Å². The predicted octanol–water partition coefficient (Wildman–Crippen LogP) is 1.59. The highest BCUT2D eigenvalue weighted by Gasteiger charge is 2.28. The summed E-state index contributed by atoms with van der Waals surface area (Å²) in [5, 5.41) is 0.788. The second-order valence-electron chi connectivity index (χ2n) is 7.54. The molecule has 0 aliphatic rings. The van der Waals surface area contributed by atoms with Crippen molar-refractivity contribution in [2.45, 2.75) is 6.54 Å². The molecule has 4 rings (SSSR count). The van der Waals surface area contributed by atoms with Crippen molar-refractivity contribution in [1.29, 1.82) is 0 Å². The normalized spacial score (nSPS) is 11.7. The van der Waals surface area contributed by atoms with Gasteiger partial charge in [-0.1, -0.05) is 11.6 Å². The number of rotatable bonds is 6. The van der Waals surface area contributed by atoms with Crippen molar-refractivity contribution in [3.05, 3.63) is 79.8 Å². The number of halogens is 1. The van der Waals surface area contributed by atoms with E-state index in [9.17, 15) is 22.8 Å². The van der Waals surface area contributed by atoms with E-state index < -0.39 is 32.6 Å². The average molecular weight is 488 g/mol. The first kappa shape index (κ1) is 22.5. The Morgan fingerprint density at radius 1 is 1.21 bits per heavy atom. The molecule has 3 heterocycles.